The third kappa shape index (κ3) is 6.23. The first-order valence-corrected chi connectivity index (χ1v) is 14.5. The molecule has 1 aromatic heterocycles. The minimum atomic E-state index is -0.665. The summed E-state index contributed by atoms with van der Waals surface area (Å²) < 4.78 is 8.61. The molecule has 2 aromatic carbocycles. The third-order valence-corrected chi connectivity index (χ3v) is 8.83. The van der Waals surface area contributed by atoms with Gasteiger partial charge in [0.05, 0.1) is 18.7 Å². The van der Waals surface area contributed by atoms with Crippen LogP contribution in [0.15, 0.2) is 47.4 Å². The van der Waals surface area contributed by atoms with E-state index in [9.17, 15) is 19.8 Å². The molecule has 8 nitrogen and oxygen atoms in total. The van der Waals surface area contributed by atoms with E-state index in [2.05, 4.69) is 29.2 Å². The van der Waals surface area contributed by atoms with Crippen molar-refractivity contribution < 1.29 is 19.7 Å². The Morgan fingerprint density at radius 3 is 2.58 bits per heavy atom. The highest BCUT2D eigenvalue weighted by atomic mass is 35.5. The van der Waals surface area contributed by atoms with E-state index in [1.807, 2.05) is 19.1 Å². The maximum Gasteiger partial charge on any atom is 0.330 e. The van der Waals surface area contributed by atoms with Gasteiger partial charge in [-0.05, 0) is 91.8 Å². The Hall–Kier alpha value is -3.23. The zero-order chi connectivity index (χ0) is 28.4. The average molecular weight is 568 g/mol. The number of imidazole rings is 1. The number of aromatic hydroxyl groups is 1. The first-order valence-electron chi connectivity index (χ1n) is 14.1. The summed E-state index contributed by atoms with van der Waals surface area (Å²) in [5.41, 5.74) is 4.60. The Morgan fingerprint density at radius 2 is 1.90 bits per heavy atom. The Labute approximate surface area is 239 Å². The van der Waals surface area contributed by atoms with Gasteiger partial charge in [0, 0.05) is 31.2 Å². The number of carboxylic acid groups (broad SMARTS) is 1. The van der Waals surface area contributed by atoms with Crippen molar-refractivity contribution >= 4 is 17.6 Å². The van der Waals surface area contributed by atoms with Crippen molar-refractivity contribution in [3.63, 3.8) is 0 Å². The van der Waals surface area contributed by atoms with Crippen molar-refractivity contribution in [3.05, 3.63) is 80.4 Å². The standard InChI is InChI=1S/C31H38ClN3O5/c1-20-15-22(5-12-28(20)40-14-13-35-29(36)19-33(2)31(35)39)18-34(17-21-3-6-23(7-4-21)30(37)38)27-11-8-24-16-25(32)9-10-26(24)27/h5,9-10,12,15-16,19,21,23,27,36H,3-4,6-8,11,13-14,17-18H2,1-2H3,(H,37,38). The van der Waals surface area contributed by atoms with Crippen molar-refractivity contribution in [1.82, 2.24) is 14.0 Å². The van der Waals surface area contributed by atoms with Crippen molar-refractivity contribution in [2.75, 3.05) is 13.2 Å². The molecule has 214 valence electrons. The smallest absolute Gasteiger partial charge is 0.330 e. The molecule has 2 aliphatic rings. The maximum atomic E-state index is 12.1. The van der Waals surface area contributed by atoms with Crippen LogP contribution in [-0.2, 0) is 31.4 Å². The third-order valence-electron chi connectivity index (χ3n) is 8.60. The number of carbonyl (C=O) groups is 1. The summed E-state index contributed by atoms with van der Waals surface area (Å²) in [6.07, 6.45) is 6.84. The number of carboxylic acids is 1. The van der Waals surface area contributed by atoms with Crippen LogP contribution in [0.5, 0.6) is 11.6 Å². The molecule has 1 unspecified atom stereocenters. The zero-order valence-electron chi connectivity index (χ0n) is 23.2. The monoisotopic (exact) mass is 567 g/mol. The molecule has 0 amide bonds. The summed E-state index contributed by atoms with van der Waals surface area (Å²) in [5, 5.41) is 20.2. The molecule has 5 rings (SSSR count). The summed E-state index contributed by atoms with van der Waals surface area (Å²) in [4.78, 5) is 26.2. The minimum Gasteiger partial charge on any atom is -0.493 e. The van der Waals surface area contributed by atoms with E-state index in [0.29, 0.717) is 12.0 Å². The quantitative estimate of drug-likeness (QED) is 0.344. The van der Waals surface area contributed by atoms with E-state index in [-0.39, 0.29) is 30.6 Å². The zero-order valence-corrected chi connectivity index (χ0v) is 23.9. The van der Waals surface area contributed by atoms with Gasteiger partial charge in [-0.25, -0.2) is 4.79 Å². The molecule has 3 aromatic rings. The van der Waals surface area contributed by atoms with Crippen LogP contribution < -0.4 is 10.4 Å². The molecule has 0 radical (unpaired) electrons. The molecule has 40 heavy (non-hydrogen) atoms. The van der Waals surface area contributed by atoms with Crippen molar-refractivity contribution in [2.45, 2.75) is 64.6 Å². The van der Waals surface area contributed by atoms with E-state index in [0.717, 1.165) is 68.0 Å². The number of aromatic nitrogens is 2. The number of halogens is 1. The molecule has 1 heterocycles. The van der Waals surface area contributed by atoms with Gasteiger partial charge in [0.25, 0.3) is 0 Å². The van der Waals surface area contributed by atoms with Gasteiger partial charge in [0.2, 0.25) is 5.88 Å². The number of hydrogen-bond donors (Lipinski definition) is 2. The number of rotatable bonds is 10. The van der Waals surface area contributed by atoms with Crippen molar-refractivity contribution in [1.29, 1.82) is 0 Å². The van der Waals surface area contributed by atoms with Crippen LogP contribution >= 0.6 is 11.6 Å². The number of aryl methyl sites for hydroxylation is 3. The summed E-state index contributed by atoms with van der Waals surface area (Å²) in [6, 6.07) is 12.8. The van der Waals surface area contributed by atoms with Crippen LogP contribution in [0.4, 0.5) is 0 Å². The van der Waals surface area contributed by atoms with Crippen LogP contribution in [0.25, 0.3) is 0 Å². The fourth-order valence-electron chi connectivity index (χ4n) is 6.42. The van der Waals surface area contributed by atoms with E-state index in [1.54, 1.807) is 7.05 Å². The molecule has 2 N–H and O–H groups in total. The minimum absolute atomic E-state index is 0.0736. The van der Waals surface area contributed by atoms with Crippen LogP contribution in [0, 0.1) is 18.8 Å². The van der Waals surface area contributed by atoms with E-state index in [4.69, 9.17) is 16.3 Å². The molecular weight excluding hydrogens is 530 g/mol. The number of ether oxygens (including phenoxy) is 1. The highest BCUT2D eigenvalue weighted by molar-refractivity contribution is 6.30. The lowest BCUT2D eigenvalue weighted by Gasteiger charge is -2.35. The highest BCUT2D eigenvalue weighted by Gasteiger charge is 2.32. The predicted molar refractivity (Wildman–Crippen MR) is 154 cm³/mol. The average Bonchev–Trinajstić information content (AvgIpc) is 3.44. The Kier molecular flexibility index (Phi) is 8.57. The molecule has 9 heteroatoms. The van der Waals surface area contributed by atoms with Crippen molar-refractivity contribution in [3.8, 4) is 11.6 Å². The van der Waals surface area contributed by atoms with Gasteiger partial charge in [-0.2, -0.15) is 0 Å². The van der Waals surface area contributed by atoms with E-state index < -0.39 is 5.97 Å². The second-order valence-corrected chi connectivity index (χ2v) is 11.8. The lowest BCUT2D eigenvalue weighted by molar-refractivity contribution is -0.143. The molecule has 0 spiro atoms. The molecule has 0 bridgehead atoms. The second kappa shape index (κ2) is 12.1. The lowest BCUT2D eigenvalue weighted by atomic mass is 9.81. The van der Waals surface area contributed by atoms with Crippen LogP contribution in [-0.4, -0.2) is 43.4 Å². The molecule has 1 saturated carbocycles. The number of fused-ring (bicyclic) bond motifs is 1. The number of benzene rings is 2. The molecule has 0 saturated heterocycles. The molecule has 2 aliphatic carbocycles. The van der Waals surface area contributed by atoms with Gasteiger partial charge in [-0.15, -0.1) is 0 Å². The maximum absolute atomic E-state index is 12.1. The fourth-order valence-corrected chi connectivity index (χ4v) is 6.61. The first-order chi connectivity index (χ1) is 19.2. The molecule has 0 aliphatic heterocycles. The van der Waals surface area contributed by atoms with Crippen LogP contribution in [0.2, 0.25) is 5.02 Å². The van der Waals surface area contributed by atoms with Gasteiger partial charge < -0.3 is 14.9 Å². The van der Waals surface area contributed by atoms with Gasteiger partial charge in [0.15, 0.2) is 0 Å². The molecular formula is C31H38ClN3O5. The summed E-state index contributed by atoms with van der Waals surface area (Å²) in [6.45, 7) is 4.28. The highest BCUT2D eigenvalue weighted by Crippen LogP contribution is 2.40. The SMILES string of the molecule is Cc1cc(CN(CC2CCC(C(=O)O)CC2)C2CCc3cc(Cl)ccc32)ccc1OCCn1c(O)cn(C)c1=O. The van der Waals surface area contributed by atoms with E-state index in [1.165, 1.54) is 32.0 Å². The normalized spacial score (nSPS) is 20.6. The second-order valence-electron chi connectivity index (χ2n) is 11.4. The lowest BCUT2D eigenvalue weighted by Crippen LogP contribution is -2.34. The summed E-state index contributed by atoms with van der Waals surface area (Å²) >= 11 is 6.29. The summed E-state index contributed by atoms with van der Waals surface area (Å²) in [7, 11) is 1.60. The van der Waals surface area contributed by atoms with Crippen LogP contribution in [0.3, 0.4) is 0 Å². The van der Waals surface area contributed by atoms with Gasteiger partial charge in [-0.3, -0.25) is 18.8 Å². The van der Waals surface area contributed by atoms with Crippen LogP contribution in [0.1, 0.15) is 60.4 Å². The molecule has 1 atom stereocenters. The largest absolute Gasteiger partial charge is 0.493 e. The molecule has 1 fully saturated rings. The van der Waals surface area contributed by atoms with Gasteiger partial charge >= 0.3 is 11.7 Å². The predicted octanol–water partition coefficient (Wildman–Crippen LogP) is 5.31. The summed E-state index contributed by atoms with van der Waals surface area (Å²) in [5.74, 6) is 0.289. The Morgan fingerprint density at radius 1 is 1.12 bits per heavy atom. The number of aliphatic carboxylic acids is 1. The van der Waals surface area contributed by atoms with Gasteiger partial charge in [-0.1, -0.05) is 29.8 Å². The van der Waals surface area contributed by atoms with Crippen molar-refractivity contribution in [2.24, 2.45) is 18.9 Å². The fraction of sp³-hybridized carbons (Fsp3) is 0.484. The number of hydrogen-bond acceptors (Lipinski definition) is 5. The first kappa shape index (κ1) is 28.3. The Bertz CT molecular complexity index is 1420. The number of nitrogens with zero attached hydrogens (tertiary/aromatic N) is 3. The topological polar surface area (TPSA) is 96.9 Å². The Balaban J connectivity index is 1.28. The van der Waals surface area contributed by atoms with Gasteiger partial charge in [0.1, 0.15) is 12.4 Å². The van der Waals surface area contributed by atoms with E-state index >= 15 is 0 Å².